The highest BCUT2D eigenvalue weighted by Gasteiger charge is 2.42. The van der Waals surface area contributed by atoms with Crippen LogP contribution in [0, 0.1) is 13.8 Å². The standard InChI is InChI=1S/C23H25BrN4O2/c1-15-11-16(2)13-19(12-15)25-20(29)14-28-9-7-23(8-10-28)26-21(22(30)27-23)17-3-5-18(24)6-4-17/h3-6,11-13H,7-10,14H2,1-2H3,(H,25,29)(H,27,30). The molecule has 0 aliphatic carbocycles. The van der Waals surface area contributed by atoms with Gasteiger partial charge in [-0.1, -0.05) is 34.1 Å². The molecule has 2 aromatic rings. The van der Waals surface area contributed by atoms with Crippen molar-refractivity contribution in [1.82, 2.24) is 10.2 Å². The van der Waals surface area contributed by atoms with Crippen molar-refractivity contribution in [2.24, 2.45) is 4.99 Å². The van der Waals surface area contributed by atoms with Crippen LogP contribution in [-0.4, -0.2) is 47.7 Å². The van der Waals surface area contributed by atoms with E-state index in [9.17, 15) is 9.59 Å². The predicted octanol–water partition coefficient (Wildman–Crippen LogP) is 3.42. The van der Waals surface area contributed by atoms with Crippen molar-refractivity contribution in [3.05, 3.63) is 63.6 Å². The second-order valence-electron chi connectivity index (χ2n) is 8.15. The minimum atomic E-state index is -0.555. The number of hydrogen-bond donors (Lipinski definition) is 2. The first-order valence-electron chi connectivity index (χ1n) is 10.1. The largest absolute Gasteiger partial charge is 0.326 e. The van der Waals surface area contributed by atoms with Crippen molar-refractivity contribution in [2.45, 2.75) is 32.4 Å². The van der Waals surface area contributed by atoms with Gasteiger partial charge < -0.3 is 10.6 Å². The maximum atomic E-state index is 12.5. The monoisotopic (exact) mass is 468 g/mol. The van der Waals surface area contributed by atoms with Crippen LogP contribution in [-0.2, 0) is 9.59 Å². The lowest BCUT2D eigenvalue weighted by Gasteiger charge is -2.36. The summed E-state index contributed by atoms with van der Waals surface area (Å²) >= 11 is 3.41. The van der Waals surface area contributed by atoms with Crippen molar-refractivity contribution in [3.8, 4) is 0 Å². The van der Waals surface area contributed by atoms with Crippen LogP contribution in [0.5, 0.6) is 0 Å². The summed E-state index contributed by atoms with van der Waals surface area (Å²) in [6.07, 6.45) is 1.38. The van der Waals surface area contributed by atoms with Crippen molar-refractivity contribution < 1.29 is 9.59 Å². The fraction of sp³-hybridized carbons (Fsp3) is 0.348. The molecule has 2 amide bonds. The number of anilines is 1. The third kappa shape index (κ3) is 4.63. The first-order valence-corrected chi connectivity index (χ1v) is 10.9. The maximum absolute atomic E-state index is 12.5. The summed E-state index contributed by atoms with van der Waals surface area (Å²) in [6, 6.07) is 13.6. The van der Waals surface area contributed by atoms with E-state index in [-0.39, 0.29) is 11.8 Å². The minimum Gasteiger partial charge on any atom is -0.326 e. The molecule has 0 saturated carbocycles. The Labute approximate surface area is 184 Å². The summed E-state index contributed by atoms with van der Waals surface area (Å²) in [5, 5.41) is 6.07. The van der Waals surface area contributed by atoms with Gasteiger partial charge in [0.1, 0.15) is 11.4 Å². The molecule has 0 radical (unpaired) electrons. The molecule has 0 unspecified atom stereocenters. The zero-order chi connectivity index (χ0) is 21.3. The van der Waals surface area contributed by atoms with Crippen molar-refractivity contribution in [3.63, 3.8) is 0 Å². The Balaban J connectivity index is 1.36. The molecule has 2 heterocycles. The zero-order valence-electron chi connectivity index (χ0n) is 17.2. The number of aryl methyl sites for hydroxylation is 2. The number of likely N-dealkylation sites (tertiary alicyclic amines) is 1. The van der Waals surface area contributed by atoms with E-state index in [0.717, 1.165) is 26.9 Å². The number of halogens is 1. The van der Waals surface area contributed by atoms with Crippen LogP contribution in [0.15, 0.2) is 51.9 Å². The first kappa shape index (κ1) is 20.8. The van der Waals surface area contributed by atoms with Gasteiger partial charge >= 0.3 is 0 Å². The van der Waals surface area contributed by atoms with Gasteiger partial charge in [-0.25, -0.2) is 0 Å². The third-order valence-corrected chi connectivity index (χ3v) is 6.09. The molecule has 0 bridgehead atoms. The van der Waals surface area contributed by atoms with Gasteiger partial charge in [-0.3, -0.25) is 19.5 Å². The van der Waals surface area contributed by atoms with Crippen LogP contribution >= 0.6 is 15.9 Å². The van der Waals surface area contributed by atoms with E-state index in [2.05, 4.69) is 37.5 Å². The quantitative estimate of drug-likeness (QED) is 0.721. The van der Waals surface area contributed by atoms with Gasteiger partial charge in [0.25, 0.3) is 5.91 Å². The number of rotatable bonds is 4. The Morgan fingerprint density at radius 3 is 2.40 bits per heavy atom. The van der Waals surface area contributed by atoms with E-state index in [4.69, 9.17) is 4.99 Å². The third-order valence-electron chi connectivity index (χ3n) is 5.56. The molecule has 156 valence electrons. The lowest BCUT2D eigenvalue weighted by atomic mass is 9.98. The fourth-order valence-electron chi connectivity index (χ4n) is 4.13. The number of nitrogens with one attached hydrogen (secondary N) is 2. The van der Waals surface area contributed by atoms with Crippen LogP contribution in [0.25, 0.3) is 0 Å². The highest BCUT2D eigenvalue weighted by atomic mass is 79.9. The van der Waals surface area contributed by atoms with Gasteiger partial charge in [0.05, 0.1) is 6.54 Å². The Bertz CT molecular complexity index is 988. The number of nitrogens with zero attached hydrogens (tertiary/aromatic N) is 2. The van der Waals surface area contributed by atoms with E-state index in [1.807, 2.05) is 50.2 Å². The molecule has 1 fully saturated rings. The van der Waals surface area contributed by atoms with Gasteiger partial charge in [0, 0.05) is 41.7 Å². The summed E-state index contributed by atoms with van der Waals surface area (Å²) in [7, 11) is 0. The molecule has 0 atom stereocenters. The summed E-state index contributed by atoms with van der Waals surface area (Å²) in [4.78, 5) is 31.9. The summed E-state index contributed by atoms with van der Waals surface area (Å²) in [5.41, 5.74) is 3.84. The molecule has 2 aliphatic heterocycles. The highest BCUT2D eigenvalue weighted by molar-refractivity contribution is 9.10. The second kappa shape index (κ2) is 8.32. The van der Waals surface area contributed by atoms with E-state index in [0.29, 0.717) is 38.2 Å². The van der Waals surface area contributed by atoms with Crippen LogP contribution in [0.3, 0.4) is 0 Å². The first-order chi connectivity index (χ1) is 14.3. The highest BCUT2D eigenvalue weighted by Crippen LogP contribution is 2.29. The van der Waals surface area contributed by atoms with E-state index in [1.165, 1.54) is 0 Å². The predicted molar refractivity (Wildman–Crippen MR) is 122 cm³/mol. The number of piperidine rings is 1. The second-order valence-corrected chi connectivity index (χ2v) is 9.07. The number of carbonyl (C=O) groups is 2. The number of carbonyl (C=O) groups excluding carboxylic acids is 2. The molecule has 4 rings (SSSR count). The molecular weight excluding hydrogens is 444 g/mol. The molecule has 1 spiro atoms. The topological polar surface area (TPSA) is 73.8 Å². The van der Waals surface area contributed by atoms with Crippen molar-refractivity contribution >= 4 is 39.1 Å². The Morgan fingerprint density at radius 2 is 1.77 bits per heavy atom. The average Bonchev–Trinajstić information content (AvgIpc) is 2.99. The zero-order valence-corrected chi connectivity index (χ0v) is 18.8. The Morgan fingerprint density at radius 1 is 1.13 bits per heavy atom. The van der Waals surface area contributed by atoms with Crippen LogP contribution < -0.4 is 10.6 Å². The number of hydrogen-bond acceptors (Lipinski definition) is 4. The maximum Gasteiger partial charge on any atom is 0.272 e. The van der Waals surface area contributed by atoms with Crippen LogP contribution in [0.2, 0.25) is 0 Å². The smallest absolute Gasteiger partial charge is 0.272 e. The lowest BCUT2D eigenvalue weighted by Crippen LogP contribution is -2.52. The molecule has 1 saturated heterocycles. The summed E-state index contributed by atoms with van der Waals surface area (Å²) in [5.74, 6) is -0.149. The molecule has 0 aromatic heterocycles. The summed E-state index contributed by atoms with van der Waals surface area (Å²) in [6.45, 7) is 5.78. The van der Waals surface area contributed by atoms with Crippen LogP contribution in [0.4, 0.5) is 5.69 Å². The SMILES string of the molecule is Cc1cc(C)cc(NC(=O)CN2CCC3(CC2)N=C(c2ccc(Br)cc2)C(=O)N3)c1. The molecule has 2 N–H and O–H groups in total. The van der Waals surface area contributed by atoms with Gasteiger partial charge in [-0.05, 0) is 49.2 Å². The molecule has 7 heteroatoms. The average molecular weight is 469 g/mol. The van der Waals surface area contributed by atoms with Crippen molar-refractivity contribution in [2.75, 3.05) is 25.0 Å². The van der Waals surface area contributed by atoms with Gasteiger partial charge in [0.2, 0.25) is 5.91 Å². The molecular formula is C23H25BrN4O2. The number of amides is 2. The van der Waals surface area contributed by atoms with E-state index >= 15 is 0 Å². The molecule has 2 aromatic carbocycles. The number of benzene rings is 2. The fourth-order valence-corrected chi connectivity index (χ4v) is 4.40. The Hall–Kier alpha value is -2.51. The normalized spacial score (nSPS) is 18.2. The summed E-state index contributed by atoms with van der Waals surface area (Å²) < 4.78 is 0.965. The minimum absolute atomic E-state index is 0.0227. The van der Waals surface area contributed by atoms with E-state index in [1.54, 1.807) is 0 Å². The number of aliphatic imine (C=N–C) groups is 1. The van der Waals surface area contributed by atoms with Gasteiger partial charge in [-0.15, -0.1) is 0 Å². The molecule has 6 nitrogen and oxygen atoms in total. The van der Waals surface area contributed by atoms with Gasteiger partial charge in [-0.2, -0.15) is 0 Å². The molecule has 2 aliphatic rings. The Kier molecular flexibility index (Phi) is 5.75. The van der Waals surface area contributed by atoms with E-state index < -0.39 is 5.66 Å². The van der Waals surface area contributed by atoms with Crippen LogP contribution in [0.1, 0.15) is 29.5 Å². The van der Waals surface area contributed by atoms with Crippen molar-refractivity contribution in [1.29, 1.82) is 0 Å². The van der Waals surface area contributed by atoms with Gasteiger partial charge in [0.15, 0.2) is 0 Å². The lowest BCUT2D eigenvalue weighted by molar-refractivity contribution is -0.119. The molecule has 30 heavy (non-hydrogen) atoms.